The van der Waals surface area contributed by atoms with Crippen molar-refractivity contribution in [2.45, 2.75) is 24.7 Å². The largest absolute Gasteiger partial charge is 0.325 e. The maximum Gasteiger partial charge on any atom is 0.266 e. The molecule has 0 aliphatic rings. The molecule has 8 heteroatoms. The zero-order chi connectivity index (χ0) is 21.7. The molecule has 3 rings (SSSR count). The Labute approximate surface area is 175 Å². The molecule has 0 atom stereocenters. The van der Waals surface area contributed by atoms with Crippen molar-refractivity contribution in [2.24, 2.45) is 0 Å². The van der Waals surface area contributed by atoms with Gasteiger partial charge in [-0.25, -0.2) is 12.8 Å². The number of carbonyl (C=O) groups excluding carboxylic acids is 1. The lowest BCUT2D eigenvalue weighted by atomic mass is 10.0. The second-order valence-electron chi connectivity index (χ2n) is 7.00. The fourth-order valence-corrected chi connectivity index (χ4v) is 4.22. The number of halogens is 1. The molecular formula is C22H22FN3O3S. The number of benzene rings is 2. The smallest absolute Gasteiger partial charge is 0.266 e. The van der Waals surface area contributed by atoms with Crippen LogP contribution in [-0.2, 0) is 14.8 Å². The van der Waals surface area contributed by atoms with E-state index in [0.717, 1.165) is 22.0 Å². The molecule has 0 saturated carbocycles. The van der Waals surface area contributed by atoms with Gasteiger partial charge < -0.3 is 5.32 Å². The minimum absolute atomic E-state index is 0.0663. The van der Waals surface area contributed by atoms with Crippen molar-refractivity contribution in [3.8, 4) is 0 Å². The van der Waals surface area contributed by atoms with Gasteiger partial charge in [-0.3, -0.25) is 14.1 Å². The highest BCUT2D eigenvalue weighted by atomic mass is 32.2. The Bertz CT molecular complexity index is 1100. The van der Waals surface area contributed by atoms with Crippen molar-refractivity contribution in [3.63, 3.8) is 0 Å². The van der Waals surface area contributed by atoms with E-state index in [-0.39, 0.29) is 10.6 Å². The third kappa shape index (κ3) is 5.01. The number of hydrogen-bond donors (Lipinski definition) is 1. The summed E-state index contributed by atoms with van der Waals surface area (Å²) in [6.07, 6.45) is 2.66. The zero-order valence-electron chi connectivity index (χ0n) is 16.6. The molecule has 2 aromatic carbocycles. The Morgan fingerprint density at radius 1 is 1.07 bits per heavy atom. The molecule has 0 bridgehead atoms. The first-order chi connectivity index (χ1) is 14.3. The van der Waals surface area contributed by atoms with Gasteiger partial charge >= 0.3 is 0 Å². The lowest BCUT2D eigenvalue weighted by molar-refractivity contribution is -0.114. The number of anilines is 2. The molecule has 0 spiro atoms. The van der Waals surface area contributed by atoms with Gasteiger partial charge in [0.2, 0.25) is 5.91 Å². The predicted molar refractivity (Wildman–Crippen MR) is 114 cm³/mol. The first-order valence-corrected chi connectivity index (χ1v) is 10.8. The minimum Gasteiger partial charge on any atom is -0.325 e. The van der Waals surface area contributed by atoms with Gasteiger partial charge in [-0.1, -0.05) is 26.0 Å². The zero-order valence-corrected chi connectivity index (χ0v) is 17.4. The molecular weight excluding hydrogens is 405 g/mol. The predicted octanol–water partition coefficient (Wildman–Crippen LogP) is 4.18. The molecule has 0 aliphatic heterocycles. The molecule has 1 aromatic heterocycles. The van der Waals surface area contributed by atoms with E-state index < -0.39 is 28.3 Å². The van der Waals surface area contributed by atoms with Gasteiger partial charge in [-0.15, -0.1) is 0 Å². The Morgan fingerprint density at radius 2 is 1.73 bits per heavy atom. The van der Waals surface area contributed by atoms with Crippen LogP contribution >= 0.6 is 0 Å². The Balaban J connectivity index is 1.87. The highest BCUT2D eigenvalue weighted by molar-refractivity contribution is 7.92. The molecule has 156 valence electrons. The summed E-state index contributed by atoms with van der Waals surface area (Å²) in [4.78, 5) is 16.4. The summed E-state index contributed by atoms with van der Waals surface area (Å²) >= 11 is 0. The van der Waals surface area contributed by atoms with E-state index in [2.05, 4.69) is 24.1 Å². The van der Waals surface area contributed by atoms with Crippen molar-refractivity contribution >= 4 is 27.3 Å². The minimum atomic E-state index is -4.08. The van der Waals surface area contributed by atoms with Crippen LogP contribution in [0.15, 0.2) is 78.0 Å². The molecule has 1 heterocycles. The monoisotopic (exact) mass is 427 g/mol. The maximum absolute atomic E-state index is 13.4. The number of nitrogens with one attached hydrogen (secondary N) is 1. The van der Waals surface area contributed by atoms with Crippen molar-refractivity contribution in [2.75, 3.05) is 16.2 Å². The molecule has 1 amide bonds. The molecule has 0 unspecified atom stereocenters. The second kappa shape index (κ2) is 9.04. The van der Waals surface area contributed by atoms with Crippen molar-refractivity contribution in [1.82, 2.24) is 4.98 Å². The third-order valence-corrected chi connectivity index (χ3v) is 6.24. The number of rotatable bonds is 7. The molecule has 1 N–H and O–H groups in total. The van der Waals surface area contributed by atoms with Crippen LogP contribution < -0.4 is 9.62 Å². The topological polar surface area (TPSA) is 79.4 Å². The van der Waals surface area contributed by atoms with Crippen LogP contribution in [0.5, 0.6) is 0 Å². The van der Waals surface area contributed by atoms with Crippen LogP contribution in [0.3, 0.4) is 0 Å². The third-order valence-electron chi connectivity index (χ3n) is 4.49. The highest BCUT2D eigenvalue weighted by Crippen LogP contribution is 2.24. The number of carbonyl (C=O) groups is 1. The molecule has 0 radical (unpaired) electrons. The lowest BCUT2D eigenvalue weighted by Gasteiger charge is -2.24. The summed E-state index contributed by atoms with van der Waals surface area (Å²) in [6, 6.07) is 15.1. The number of pyridine rings is 1. The van der Waals surface area contributed by atoms with E-state index in [1.54, 1.807) is 12.1 Å². The molecule has 0 aliphatic carbocycles. The molecule has 6 nitrogen and oxygen atoms in total. The van der Waals surface area contributed by atoms with E-state index in [1.807, 2.05) is 12.1 Å². The van der Waals surface area contributed by atoms with E-state index >= 15 is 0 Å². The average molecular weight is 428 g/mol. The van der Waals surface area contributed by atoms with Gasteiger partial charge in [0.25, 0.3) is 10.0 Å². The Hall–Kier alpha value is -3.26. The highest BCUT2D eigenvalue weighted by Gasteiger charge is 2.27. The fraction of sp³-hybridized carbons (Fsp3) is 0.182. The Kier molecular flexibility index (Phi) is 6.47. The van der Waals surface area contributed by atoms with Crippen molar-refractivity contribution in [3.05, 3.63) is 84.4 Å². The van der Waals surface area contributed by atoms with E-state index in [9.17, 15) is 17.6 Å². The SMILES string of the molecule is CC(C)c1ccc(NC(=O)CN(c2ccc(F)cc2)S(=O)(=O)c2cccnc2)cc1. The van der Waals surface area contributed by atoms with Crippen LogP contribution in [0.4, 0.5) is 15.8 Å². The van der Waals surface area contributed by atoms with Gasteiger partial charge in [-0.05, 0) is 60.0 Å². The van der Waals surface area contributed by atoms with Gasteiger partial charge in [0.1, 0.15) is 17.3 Å². The van der Waals surface area contributed by atoms with E-state index in [1.165, 1.54) is 36.7 Å². The molecule has 3 aromatic rings. The van der Waals surface area contributed by atoms with Crippen LogP contribution in [0.25, 0.3) is 0 Å². The summed E-state index contributed by atoms with van der Waals surface area (Å²) in [5.74, 6) is -0.676. The summed E-state index contributed by atoms with van der Waals surface area (Å²) in [6.45, 7) is 3.66. The number of sulfonamides is 1. The van der Waals surface area contributed by atoms with E-state index in [0.29, 0.717) is 11.6 Å². The molecule has 0 saturated heterocycles. The summed E-state index contributed by atoms with van der Waals surface area (Å²) in [7, 11) is -4.08. The number of aromatic nitrogens is 1. The Morgan fingerprint density at radius 3 is 2.30 bits per heavy atom. The van der Waals surface area contributed by atoms with Gasteiger partial charge in [0.15, 0.2) is 0 Å². The quantitative estimate of drug-likeness (QED) is 0.614. The van der Waals surface area contributed by atoms with Crippen molar-refractivity contribution < 1.29 is 17.6 Å². The first-order valence-electron chi connectivity index (χ1n) is 9.35. The van der Waals surface area contributed by atoms with E-state index in [4.69, 9.17) is 0 Å². The molecule has 0 fully saturated rings. The van der Waals surface area contributed by atoms with Crippen LogP contribution in [0.2, 0.25) is 0 Å². The molecule has 30 heavy (non-hydrogen) atoms. The fourth-order valence-electron chi connectivity index (χ4n) is 2.83. The average Bonchev–Trinajstić information content (AvgIpc) is 2.74. The number of hydrogen-bond acceptors (Lipinski definition) is 4. The normalized spacial score (nSPS) is 11.3. The first kappa shape index (κ1) is 21.4. The van der Waals surface area contributed by atoms with Crippen LogP contribution in [0, 0.1) is 5.82 Å². The number of amides is 1. The van der Waals surface area contributed by atoms with Crippen molar-refractivity contribution in [1.29, 1.82) is 0 Å². The summed E-state index contributed by atoms with van der Waals surface area (Å²) < 4.78 is 40.6. The lowest BCUT2D eigenvalue weighted by Crippen LogP contribution is -2.38. The summed E-state index contributed by atoms with van der Waals surface area (Å²) in [5, 5.41) is 2.71. The summed E-state index contributed by atoms with van der Waals surface area (Å²) in [5.41, 5.74) is 1.85. The second-order valence-corrected chi connectivity index (χ2v) is 8.86. The number of nitrogens with zero attached hydrogens (tertiary/aromatic N) is 2. The van der Waals surface area contributed by atoms with Crippen LogP contribution in [-0.4, -0.2) is 25.9 Å². The van der Waals surface area contributed by atoms with Gasteiger partial charge in [-0.2, -0.15) is 0 Å². The van der Waals surface area contributed by atoms with Gasteiger partial charge in [0.05, 0.1) is 5.69 Å². The van der Waals surface area contributed by atoms with Crippen LogP contribution in [0.1, 0.15) is 25.3 Å². The standard InChI is InChI=1S/C22H22FN3O3S/c1-16(2)17-5-9-19(10-6-17)25-22(27)15-26(20-11-7-18(23)8-12-20)30(28,29)21-4-3-13-24-14-21/h3-14,16H,15H2,1-2H3,(H,25,27). The maximum atomic E-state index is 13.4. The van der Waals surface area contributed by atoms with Gasteiger partial charge in [0, 0.05) is 18.1 Å².